The number of benzene rings is 2. The number of hydrogen-bond acceptors (Lipinski definition) is 7. The molecule has 0 fully saturated rings. The molecule has 234 valence electrons. The van der Waals surface area contributed by atoms with Crippen LogP contribution in [0.25, 0.3) is 11.0 Å². The van der Waals surface area contributed by atoms with Crippen LogP contribution in [0, 0.1) is 22.5 Å². The van der Waals surface area contributed by atoms with Gasteiger partial charge < -0.3 is 13.9 Å². The summed E-state index contributed by atoms with van der Waals surface area (Å²) >= 11 is 0. The molecule has 44 heavy (non-hydrogen) atoms. The Labute approximate surface area is 248 Å². The standard InChI is InChI=1S/C30H29F5N4O5/c1-28(2)24(36-37-26(28)40)16-9-10-18(22(32)21(16)31)43-13-7-6-12-39-27(41)29(3,4)25(38-39)15-8-11-19(42-5)23-17(15)14-20(44-23)30(33,34)35/h8-11,14H,6-7,12-13H2,1-5H3,(H,37,40). The van der Waals surface area contributed by atoms with E-state index < -0.39 is 40.3 Å². The van der Waals surface area contributed by atoms with Gasteiger partial charge in [0.1, 0.15) is 0 Å². The van der Waals surface area contributed by atoms with E-state index in [-0.39, 0.29) is 58.5 Å². The molecule has 0 aliphatic carbocycles. The van der Waals surface area contributed by atoms with E-state index in [4.69, 9.17) is 13.9 Å². The molecule has 0 saturated carbocycles. The fraction of sp³-hybridized carbons (Fsp3) is 0.400. The first-order valence-corrected chi connectivity index (χ1v) is 13.7. The van der Waals surface area contributed by atoms with Crippen molar-refractivity contribution in [2.45, 2.75) is 46.7 Å². The third-order valence-electron chi connectivity index (χ3n) is 7.74. The van der Waals surface area contributed by atoms with Crippen LogP contribution in [0.3, 0.4) is 0 Å². The molecule has 2 aliphatic heterocycles. The van der Waals surface area contributed by atoms with Crippen LogP contribution in [0.2, 0.25) is 0 Å². The van der Waals surface area contributed by atoms with Crippen LogP contribution in [0.15, 0.2) is 45.0 Å². The Morgan fingerprint density at radius 2 is 1.61 bits per heavy atom. The van der Waals surface area contributed by atoms with Crippen molar-refractivity contribution in [1.82, 2.24) is 10.4 Å². The second kappa shape index (κ2) is 10.9. The number of alkyl halides is 3. The lowest BCUT2D eigenvalue weighted by Crippen LogP contribution is -2.35. The highest BCUT2D eigenvalue weighted by Gasteiger charge is 2.45. The Hall–Kier alpha value is -4.49. The number of furan rings is 1. The minimum atomic E-state index is -4.73. The smallest absolute Gasteiger partial charge is 0.449 e. The molecular weight excluding hydrogens is 591 g/mol. The maximum absolute atomic E-state index is 14.9. The van der Waals surface area contributed by atoms with E-state index in [0.717, 1.165) is 6.07 Å². The number of carbonyl (C=O) groups excluding carboxylic acids is 2. The summed E-state index contributed by atoms with van der Waals surface area (Å²) in [5.41, 5.74) is 0.364. The third kappa shape index (κ3) is 5.15. The molecule has 2 aliphatic rings. The number of halogens is 5. The molecule has 5 rings (SSSR count). The number of hydrogen-bond donors (Lipinski definition) is 1. The lowest BCUT2D eigenvalue weighted by molar-refractivity contribution is -0.152. The maximum Gasteiger partial charge on any atom is 0.449 e. The van der Waals surface area contributed by atoms with Crippen molar-refractivity contribution in [2.24, 2.45) is 21.0 Å². The summed E-state index contributed by atoms with van der Waals surface area (Å²) in [5, 5.41) is 9.65. The number of methoxy groups -OCH3 is 1. The highest BCUT2D eigenvalue weighted by atomic mass is 19.4. The topological polar surface area (TPSA) is 106 Å². The SMILES string of the molecule is COc1ccc(C2=NN(CCCCOc3ccc(C4=NNC(=O)C4(C)C)c(F)c3F)C(=O)C2(C)C)c2cc(C(F)(F)F)oc12. The molecule has 0 bridgehead atoms. The fourth-order valence-electron chi connectivity index (χ4n) is 5.13. The van der Waals surface area contributed by atoms with Crippen molar-refractivity contribution in [3.8, 4) is 11.5 Å². The highest BCUT2D eigenvalue weighted by molar-refractivity contribution is 6.23. The minimum Gasteiger partial charge on any atom is -0.493 e. The van der Waals surface area contributed by atoms with E-state index >= 15 is 0 Å². The molecule has 0 saturated heterocycles. The van der Waals surface area contributed by atoms with E-state index in [0.29, 0.717) is 18.4 Å². The number of amides is 2. The molecule has 0 spiro atoms. The molecule has 2 aromatic carbocycles. The van der Waals surface area contributed by atoms with Crippen LogP contribution in [-0.2, 0) is 15.8 Å². The van der Waals surface area contributed by atoms with Gasteiger partial charge in [0.15, 0.2) is 22.9 Å². The summed E-state index contributed by atoms with van der Waals surface area (Å²) in [6.45, 7) is 6.51. The molecule has 9 nitrogen and oxygen atoms in total. The van der Waals surface area contributed by atoms with Gasteiger partial charge in [0.05, 0.1) is 36.0 Å². The zero-order chi connectivity index (χ0) is 32.2. The van der Waals surface area contributed by atoms with Gasteiger partial charge in [0.2, 0.25) is 11.6 Å². The van der Waals surface area contributed by atoms with Gasteiger partial charge in [0.25, 0.3) is 11.8 Å². The average Bonchev–Trinajstić information content (AvgIpc) is 3.59. The number of hydrazone groups is 2. The number of rotatable bonds is 9. The first kappa shape index (κ1) is 31.0. The summed E-state index contributed by atoms with van der Waals surface area (Å²) in [5.74, 6) is -4.61. The normalized spacial score (nSPS) is 17.6. The largest absolute Gasteiger partial charge is 0.493 e. The second-order valence-electron chi connectivity index (χ2n) is 11.5. The average molecular weight is 621 g/mol. The lowest BCUT2D eigenvalue weighted by atomic mass is 9.82. The number of nitrogens with zero attached hydrogens (tertiary/aromatic N) is 3. The van der Waals surface area contributed by atoms with Crippen molar-refractivity contribution < 1.29 is 45.4 Å². The zero-order valence-electron chi connectivity index (χ0n) is 24.5. The van der Waals surface area contributed by atoms with E-state index in [1.54, 1.807) is 27.7 Å². The zero-order valence-corrected chi connectivity index (χ0v) is 24.5. The van der Waals surface area contributed by atoms with Gasteiger partial charge in [-0.05, 0) is 70.9 Å². The molecule has 3 aromatic rings. The molecule has 2 amide bonds. The van der Waals surface area contributed by atoms with Gasteiger partial charge in [-0.3, -0.25) is 9.59 Å². The van der Waals surface area contributed by atoms with E-state index in [1.807, 2.05) is 0 Å². The van der Waals surface area contributed by atoms with Crippen molar-refractivity contribution in [1.29, 1.82) is 0 Å². The number of nitrogens with one attached hydrogen (secondary N) is 1. The van der Waals surface area contributed by atoms with Crippen LogP contribution >= 0.6 is 0 Å². The summed E-state index contributed by atoms with van der Waals surface area (Å²) in [4.78, 5) is 25.2. The van der Waals surface area contributed by atoms with Crippen LogP contribution in [0.1, 0.15) is 57.4 Å². The summed E-state index contributed by atoms with van der Waals surface area (Å²) in [7, 11) is 1.31. The second-order valence-corrected chi connectivity index (χ2v) is 11.5. The van der Waals surface area contributed by atoms with Crippen molar-refractivity contribution in [3.63, 3.8) is 0 Å². The predicted octanol–water partition coefficient (Wildman–Crippen LogP) is 6.03. The number of ether oxygens (including phenoxy) is 2. The molecule has 0 unspecified atom stereocenters. The molecule has 14 heteroatoms. The van der Waals surface area contributed by atoms with E-state index in [9.17, 15) is 31.5 Å². The van der Waals surface area contributed by atoms with Crippen LogP contribution < -0.4 is 14.9 Å². The Morgan fingerprint density at radius 1 is 0.932 bits per heavy atom. The van der Waals surface area contributed by atoms with Crippen LogP contribution in [0.4, 0.5) is 22.0 Å². The van der Waals surface area contributed by atoms with Gasteiger partial charge in [-0.15, -0.1) is 0 Å². The predicted molar refractivity (Wildman–Crippen MR) is 149 cm³/mol. The quantitative estimate of drug-likeness (QED) is 0.232. The van der Waals surface area contributed by atoms with Gasteiger partial charge in [-0.1, -0.05) is 0 Å². The Balaban J connectivity index is 1.26. The Bertz CT molecular complexity index is 1720. The summed E-state index contributed by atoms with van der Waals surface area (Å²) in [6, 6.07) is 6.41. The van der Waals surface area contributed by atoms with E-state index in [1.165, 1.54) is 36.4 Å². The maximum atomic E-state index is 14.9. The monoisotopic (exact) mass is 620 g/mol. The molecule has 1 N–H and O–H groups in total. The summed E-state index contributed by atoms with van der Waals surface area (Å²) < 4.78 is 85.6. The summed E-state index contributed by atoms with van der Waals surface area (Å²) in [6.07, 6.45) is -4.00. The van der Waals surface area contributed by atoms with Crippen LogP contribution in [-0.4, -0.2) is 48.5 Å². The molecule has 1 aromatic heterocycles. The number of unbranched alkanes of at least 4 members (excludes halogenated alkanes) is 1. The third-order valence-corrected chi connectivity index (χ3v) is 7.74. The number of fused-ring (bicyclic) bond motifs is 1. The van der Waals surface area contributed by atoms with Crippen LogP contribution in [0.5, 0.6) is 11.5 Å². The Morgan fingerprint density at radius 3 is 2.25 bits per heavy atom. The van der Waals surface area contributed by atoms with E-state index in [2.05, 4.69) is 15.6 Å². The first-order chi connectivity index (χ1) is 20.6. The molecule has 0 radical (unpaired) electrons. The minimum absolute atomic E-state index is 0.00147. The molecular formula is C30H29F5N4O5. The van der Waals surface area contributed by atoms with Gasteiger partial charge in [-0.2, -0.15) is 27.8 Å². The van der Waals surface area contributed by atoms with Gasteiger partial charge in [-0.25, -0.2) is 14.8 Å². The van der Waals surface area contributed by atoms with Gasteiger partial charge >= 0.3 is 6.18 Å². The van der Waals surface area contributed by atoms with Crippen molar-refractivity contribution >= 4 is 34.2 Å². The van der Waals surface area contributed by atoms with Gasteiger partial charge in [0, 0.05) is 23.1 Å². The highest BCUT2D eigenvalue weighted by Crippen LogP contribution is 2.42. The lowest BCUT2D eigenvalue weighted by Gasteiger charge is -2.20. The van der Waals surface area contributed by atoms with Crippen molar-refractivity contribution in [2.75, 3.05) is 20.3 Å². The van der Waals surface area contributed by atoms with Crippen molar-refractivity contribution in [3.05, 3.63) is 58.9 Å². The molecule has 3 heterocycles. The fourth-order valence-corrected chi connectivity index (χ4v) is 5.13. The first-order valence-electron chi connectivity index (χ1n) is 13.7. The number of carbonyl (C=O) groups is 2. The molecule has 0 atom stereocenters. The Kier molecular flexibility index (Phi) is 7.67.